The lowest BCUT2D eigenvalue weighted by Gasteiger charge is -2.06. The first-order valence-electron chi connectivity index (χ1n) is 3.95. The van der Waals surface area contributed by atoms with Crippen molar-refractivity contribution in [3.63, 3.8) is 0 Å². The highest BCUT2D eigenvalue weighted by atomic mass is 79.9. The smallest absolute Gasteiger partial charge is 0.191 e. The fourth-order valence-electron chi connectivity index (χ4n) is 0.940. The maximum atomic E-state index is 12.5. The molecule has 0 unspecified atom stereocenters. The maximum Gasteiger partial charge on any atom is 0.191 e. The summed E-state index contributed by atoms with van der Waals surface area (Å²) < 4.78 is 33.4. The van der Waals surface area contributed by atoms with Crippen molar-refractivity contribution >= 4 is 31.6 Å². The topological polar surface area (TPSA) is 51.2 Å². The Morgan fingerprint density at radius 3 is 2.20 bits per heavy atom. The second-order valence-electron chi connectivity index (χ2n) is 3.02. The predicted molar refractivity (Wildman–Crippen MR) is 58.3 cm³/mol. The minimum atomic E-state index is -3.49. The van der Waals surface area contributed by atoms with E-state index in [1.165, 1.54) is 12.1 Å². The number of halogens is 2. The number of alkyl halides is 1. The summed E-state index contributed by atoms with van der Waals surface area (Å²) in [5.74, 6) is -1.07. The predicted octanol–water partition coefficient (Wildman–Crippen LogP) is 1.77. The summed E-state index contributed by atoms with van der Waals surface area (Å²) in [6, 6.07) is 4.71. The molecule has 0 saturated heterocycles. The Labute approximate surface area is 95.3 Å². The van der Waals surface area contributed by atoms with Crippen LogP contribution in [-0.4, -0.2) is 24.6 Å². The van der Waals surface area contributed by atoms with Crippen molar-refractivity contribution in [3.05, 3.63) is 35.6 Å². The molecule has 1 rings (SSSR count). The fraction of sp³-hybridized carbons (Fsp3) is 0.222. The number of carbonyl (C=O) groups excluding carboxylic acids is 1. The van der Waals surface area contributed by atoms with E-state index in [0.29, 0.717) is 0 Å². The van der Waals surface area contributed by atoms with E-state index in [-0.39, 0.29) is 5.56 Å². The summed E-state index contributed by atoms with van der Waals surface area (Å²) in [6.45, 7) is 0. The van der Waals surface area contributed by atoms with Crippen LogP contribution in [0.1, 0.15) is 10.4 Å². The van der Waals surface area contributed by atoms with Gasteiger partial charge in [-0.1, -0.05) is 15.9 Å². The molecule has 82 valence electrons. The van der Waals surface area contributed by atoms with Crippen LogP contribution in [0.4, 0.5) is 4.39 Å². The second-order valence-corrected chi connectivity index (χ2v) is 6.67. The van der Waals surface area contributed by atoms with E-state index in [1.54, 1.807) is 0 Å². The van der Waals surface area contributed by atoms with Gasteiger partial charge in [-0.2, -0.15) is 0 Å². The van der Waals surface area contributed by atoms with Gasteiger partial charge in [0.2, 0.25) is 0 Å². The Kier molecular flexibility index (Phi) is 3.62. The monoisotopic (exact) mass is 294 g/mol. The van der Waals surface area contributed by atoms with E-state index < -0.39 is 25.6 Å². The highest BCUT2D eigenvalue weighted by molar-refractivity contribution is 9.11. The molecule has 15 heavy (non-hydrogen) atoms. The lowest BCUT2D eigenvalue weighted by Crippen LogP contribution is -2.23. The van der Waals surface area contributed by atoms with Crippen LogP contribution in [0.2, 0.25) is 0 Å². The zero-order chi connectivity index (χ0) is 11.6. The molecule has 0 aromatic heterocycles. The van der Waals surface area contributed by atoms with E-state index in [1.807, 2.05) is 0 Å². The lowest BCUT2D eigenvalue weighted by molar-refractivity contribution is 0.101. The normalized spacial score (nSPS) is 13.5. The maximum absolute atomic E-state index is 12.5. The average Bonchev–Trinajstić information content (AvgIpc) is 2.15. The number of Topliss-reactive ketones (excluding diaryl/α,β-unsaturated/α-hetero) is 1. The summed E-state index contributed by atoms with van der Waals surface area (Å²) in [6.07, 6.45) is 0.952. The first-order chi connectivity index (χ1) is 6.82. The van der Waals surface area contributed by atoms with E-state index in [2.05, 4.69) is 15.9 Å². The summed E-state index contributed by atoms with van der Waals surface area (Å²) in [5.41, 5.74) is 0.156. The number of hydrogen-bond acceptors (Lipinski definition) is 3. The van der Waals surface area contributed by atoms with Gasteiger partial charge in [-0.25, -0.2) is 12.8 Å². The highest BCUT2D eigenvalue weighted by Gasteiger charge is 2.26. The fourth-order valence-corrected chi connectivity index (χ4v) is 1.73. The van der Waals surface area contributed by atoms with E-state index in [9.17, 15) is 17.6 Å². The van der Waals surface area contributed by atoms with Gasteiger partial charge in [0.25, 0.3) is 0 Å². The summed E-state index contributed by atoms with van der Waals surface area (Å²) in [7, 11) is -3.49. The highest BCUT2D eigenvalue weighted by Crippen LogP contribution is 2.15. The van der Waals surface area contributed by atoms with Crippen LogP contribution in [0, 0.1) is 5.82 Å². The molecular formula is C9H8BrFO3S. The molecule has 1 aromatic carbocycles. The zero-order valence-electron chi connectivity index (χ0n) is 7.78. The van der Waals surface area contributed by atoms with Crippen LogP contribution in [0.15, 0.2) is 24.3 Å². The molecule has 3 nitrogen and oxygen atoms in total. The minimum absolute atomic E-state index is 0.156. The van der Waals surface area contributed by atoms with Gasteiger partial charge in [0.05, 0.1) is 0 Å². The van der Waals surface area contributed by atoms with Crippen LogP contribution in [0.5, 0.6) is 0 Å². The largest absolute Gasteiger partial charge is 0.292 e. The Morgan fingerprint density at radius 1 is 1.33 bits per heavy atom. The summed E-state index contributed by atoms with van der Waals surface area (Å²) >= 11 is 2.79. The molecule has 0 aliphatic heterocycles. The standard InChI is InChI=1S/C9H8BrFO3S/c1-15(13,14)9(10)8(12)6-2-4-7(11)5-3-6/h2-5,9H,1H3/t9-/m0/s1. The van der Waals surface area contributed by atoms with Gasteiger partial charge in [0.1, 0.15) is 5.82 Å². The quantitative estimate of drug-likeness (QED) is 0.631. The molecule has 0 bridgehead atoms. The van der Waals surface area contributed by atoms with E-state index in [4.69, 9.17) is 0 Å². The van der Waals surface area contributed by atoms with Crippen LogP contribution >= 0.6 is 15.9 Å². The number of sulfone groups is 1. The number of benzene rings is 1. The van der Waals surface area contributed by atoms with Gasteiger partial charge in [0, 0.05) is 11.8 Å². The molecule has 0 fully saturated rings. The van der Waals surface area contributed by atoms with Crippen molar-refractivity contribution in [2.24, 2.45) is 0 Å². The van der Waals surface area contributed by atoms with Crippen molar-refractivity contribution in [1.29, 1.82) is 0 Å². The van der Waals surface area contributed by atoms with Crippen molar-refractivity contribution < 1.29 is 17.6 Å². The molecule has 1 atom stereocenters. The molecule has 0 radical (unpaired) electrons. The molecule has 0 amide bonds. The third kappa shape index (κ3) is 3.10. The van der Waals surface area contributed by atoms with Gasteiger partial charge < -0.3 is 0 Å². The average molecular weight is 295 g/mol. The van der Waals surface area contributed by atoms with Gasteiger partial charge in [0.15, 0.2) is 19.8 Å². The van der Waals surface area contributed by atoms with Gasteiger partial charge in [-0.05, 0) is 24.3 Å². The number of hydrogen-bond donors (Lipinski definition) is 0. The number of carbonyl (C=O) groups is 1. The summed E-state index contributed by atoms with van der Waals surface area (Å²) in [5, 5.41) is 0. The van der Waals surface area contributed by atoms with Crippen molar-refractivity contribution in [2.45, 2.75) is 4.16 Å². The molecule has 0 heterocycles. The zero-order valence-corrected chi connectivity index (χ0v) is 10.2. The van der Waals surface area contributed by atoms with Crippen molar-refractivity contribution in [2.75, 3.05) is 6.26 Å². The first-order valence-corrected chi connectivity index (χ1v) is 6.82. The van der Waals surface area contributed by atoms with Gasteiger partial charge >= 0.3 is 0 Å². The molecule has 0 saturated carbocycles. The van der Waals surface area contributed by atoms with Crippen molar-refractivity contribution in [1.82, 2.24) is 0 Å². The second kappa shape index (κ2) is 4.40. The molecule has 1 aromatic rings. The Balaban J connectivity index is 3.01. The Morgan fingerprint density at radius 2 is 1.80 bits per heavy atom. The first kappa shape index (κ1) is 12.3. The molecular weight excluding hydrogens is 287 g/mol. The number of rotatable bonds is 3. The van der Waals surface area contributed by atoms with Gasteiger partial charge in [-0.3, -0.25) is 4.79 Å². The molecule has 0 spiro atoms. The Bertz CT molecular complexity index is 467. The molecule has 6 heteroatoms. The summed E-state index contributed by atoms with van der Waals surface area (Å²) in [4.78, 5) is 11.6. The van der Waals surface area contributed by atoms with Crippen LogP contribution in [-0.2, 0) is 9.84 Å². The molecule has 0 aliphatic rings. The molecule has 0 aliphatic carbocycles. The third-order valence-corrected chi connectivity index (χ3v) is 5.13. The number of ketones is 1. The van der Waals surface area contributed by atoms with Crippen LogP contribution in [0.25, 0.3) is 0 Å². The third-order valence-electron chi connectivity index (χ3n) is 1.71. The Hall–Kier alpha value is -0.750. The minimum Gasteiger partial charge on any atom is -0.292 e. The van der Waals surface area contributed by atoms with E-state index >= 15 is 0 Å². The van der Waals surface area contributed by atoms with Gasteiger partial charge in [-0.15, -0.1) is 0 Å². The lowest BCUT2D eigenvalue weighted by atomic mass is 10.1. The van der Waals surface area contributed by atoms with Crippen LogP contribution in [0.3, 0.4) is 0 Å². The van der Waals surface area contributed by atoms with Crippen molar-refractivity contribution in [3.8, 4) is 0 Å². The van der Waals surface area contributed by atoms with E-state index in [0.717, 1.165) is 18.4 Å². The molecule has 0 N–H and O–H groups in total. The van der Waals surface area contributed by atoms with Crippen LogP contribution < -0.4 is 0 Å². The SMILES string of the molecule is CS(=O)(=O)[C@H](Br)C(=O)c1ccc(F)cc1.